The fourth-order valence-electron chi connectivity index (χ4n) is 2.29. The molecule has 1 aromatic heterocycles. The van der Waals surface area contributed by atoms with E-state index in [0.717, 1.165) is 18.8 Å². The highest BCUT2D eigenvalue weighted by molar-refractivity contribution is 8.93. The Morgan fingerprint density at radius 3 is 2.61 bits per heavy atom. The number of hydrogen-bond donors (Lipinski definition) is 2. The van der Waals surface area contributed by atoms with Crippen molar-refractivity contribution >= 4 is 22.9 Å². The van der Waals surface area contributed by atoms with Gasteiger partial charge in [-0.1, -0.05) is 6.42 Å². The van der Waals surface area contributed by atoms with Gasteiger partial charge in [0.15, 0.2) is 5.96 Å². The topological polar surface area (TPSA) is 80.8 Å². The Kier molecular flexibility index (Phi) is 6.21. The number of furan rings is 1. The first kappa shape index (κ1) is 15.0. The molecule has 4 N–H and O–H groups in total. The van der Waals surface area contributed by atoms with Crippen LogP contribution in [0.4, 0.5) is 0 Å². The van der Waals surface area contributed by atoms with Crippen molar-refractivity contribution in [2.75, 3.05) is 19.6 Å². The molecule has 0 spiro atoms. The minimum Gasteiger partial charge on any atom is -0.468 e. The molecule has 1 atom stereocenters. The van der Waals surface area contributed by atoms with Crippen LogP contribution in [0.25, 0.3) is 0 Å². The Balaban J connectivity index is 0.00000162. The maximum Gasteiger partial charge on any atom is 0.185 e. The van der Waals surface area contributed by atoms with Crippen molar-refractivity contribution in [1.29, 1.82) is 0 Å². The largest absolute Gasteiger partial charge is 0.468 e. The van der Waals surface area contributed by atoms with Crippen LogP contribution < -0.4 is 11.5 Å². The number of likely N-dealkylation sites (tertiary alicyclic amines) is 1. The lowest BCUT2D eigenvalue weighted by Gasteiger charge is -2.32. The van der Waals surface area contributed by atoms with Crippen LogP contribution in [0.2, 0.25) is 0 Å². The first-order chi connectivity index (χ1) is 8.27. The number of piperidine rings is 1. The van der Waals surface area contributed by atoms with Crippen LogP contribution in [0.15, 0.2) is 27.8 Å². The molecule has 2 heterocycles. The summed E-state index contributed by atoms with van der Waals surface area (Å²) >= 11 is 0. The maximum atomic E-state index is 5.49. The summed E-state index contributed by atoms with van der Waals surface area (Å²) in [6, 6.07) is 4.05. The number of rotatable bonds is 4. The van der Waals surface area contributed by atoms with Gasteiger partial charge in [-0.25, -0.2) is 0 Å². The highest BCUT2D eigenvalue weighted by Gasteiger charge is 2.23. The van der Waals surface area contributed by atoms with Gasteiger partial charge in [-0.15, -0.1) is 17.0 Å². The van der Waals surface area contributed by atoms with E-state index in [1.165, 1.54) is 19.3 Å². The van der Waals surface area contributed by atoms with Crippen molar-refractivity contribution < 1.29 is 4.42 Å². The molecule has 0 aromatic carbocycles. The molecule has 0 aliphatic carbocycles. The second-order valence-corrected chi connectivity index (χ2v) is 4.39. The molecule has 6 heteroatoms. The predicted octanol–water partition coefficient (Wildman–Crippen LogP) is 1.66. The average molecular weight is 317 g/mol. The van der Waals surface area contributed by atoms with Crippen LogP contribution in [0.1, 0.15) is 31.1 Å². The smallest absolute Gasteiger partial charge is 0.185 e. The predicted molar refractivity (Wildman–Crippen MR) is 77.9 cm³/mol. The molecule has 0 bridgehead atoms. The molecule has 1 saturated heterocycles. The van der Waals surface area contributed by atoms with Gasteiger partial charge in [0.2, 0.25) is 0 Å². The Bertz CT molecular complexity index is 356. The van der Waals surface area contributed by atoms with Gasteiger partial charge in [-0.2, -0.15) is 0 Å². The van der Waals surface area contributed by atoms with Crippen molar-refractivity contribution in [1.82, 2.24) is 4.90 Å². The van der Waals surface area contributed by atoms with Gasteiger partial charge < -0.3 is 15.9 Å². The monoisotopic (exact) mass is 316 g/mol. The third kappa shape index (κ3) is 4.03. The van der Waals surface area contributed by atoms with Crippen molar-refractivity contribution in [3.05, 3.63) is 24.2 Å². The molecule has 1 aromatic rings. The Morgan fingerprint density at radius 2 is 2.06 bits per heavy atom. The van der Waals surface area contributed by atoms with Crippen LogP contribution in [0.3, 0.4) is 0 Å². The number of aliphatic imine (C=N–C) groups is 1. The quantitative estimate of drug-likeness (QED) is 0.654. The number of halogens is 1. The summed E-state index contributed by atoms with van der Waals surface area (Å²) < 4.78 is 5.49. The first-order valence-corrected chi connectivity index (χ1v) is 6.10. The van der Waals surface area contributed by atoms with Gasteiger partial charge in [-0.3, -0.25) is 9.89 Å². The van der Waals surface area contributed by atoms with Gasteiger partial charge in [0, 0.05) is 0 Å². The fraction of sp³-hybridized carbons (Fsp3) is 0.583. The zero-order chi connectivity index (χ0) is 12.1. The SMILES string of the molecule is Br.NC(N)=NCC(c1ccco1)N1CCCCC1. The molecule has 18 heavy (non-hydrogen) atoms. The standard InChI is InChI=1S/C12H20N4O.BrH/c13-12(14)15-9-10(11-5-4-8-17-11)16-6-2-1-3-7-16;/h4-5,8,10H,1-3,6-7,9H2,(H4,13,14,15);1H. The number of guanidine groups is 1. The van der Waals surface area contributed by atoms with Gasteiger partial charge in [0.1, 0.15) is 5.76 Å². The van der Waals surface area contributed by atoms with Gasteiger partial charge in [-0.05, 0) is 38.1 Å². The molecule has 0 radical (unpaired) electrons. The summed E-state index contributed by atoms with van der Waals surface area (Å²) in [6.45, 7) is 2.74. The zero-order valence-corrected chi connectivity index (χ0v) is 12.1. The van der Waals surface area contributed by atoms with E-state index in [1.54, 1.807) is 6.26 Å². The minimum atomic E-state index is 0. The Hall–Kier alpha value is -1.01. The van der Waals surface area contributed by atoms with E-state index in [1.807, 2.05) is 12.1 Å². The van der Waals surface area contributed by atoms with E-state index in [0.29, 0.717) is 6.54 Å². The fourth-order valence-corrected chi connectivity index (χ4v) is 2.29. The average Bonchev–Trinajstić information content (AvgIpc) is 2.84. The van der Waals surface area contributed by atoms with Gasteiger partial charge in [0.25, 0.3) is 0 Å². The van der Waals surface area contributed by atoms with Crippen molar-refractivity contribution in [2.24, 2.45) is 16.5 Å². The highest BCUT2D eigenvalue weighted by Crippen LogP contribution is 2.25. The van der Waals surface area contributed by atoms with Gasteiger partial charge >= 0.3 is 0 Å². The van der Waals surface area contributed by atoms with Crippen LogP contribution in [-0.2, 0) is 0 Å². The normalized spacial score (nSPS) is 17.8. The van der Waals surface area contributed by atoms with Crippen LogP contribution in [0.5, 0.6) is 0 Å². The zero-order valence-electron chi connectivity index (χ0n) is 10.4. The highest BCUT2D eigenvalue weighted by atomic mass is 79.9. The molecule has 0 amide bonds. The molecule has 0 saturated carbocycles. The van der Waals surface area contributed by atoms with Crippen molar-refractivity contribution in [2.45, 2.75) is 25.3 Å². The number of hydrogen-bond acceptors (Lipinski definition) is 3. The van der Waals surface area contributed by atoms with Crippen molar-refractivity contribution in [3.8, 4) is 0 Å². The Labute approximate surface area is 118 Å². The number of nitrogens with two attached hydrogens (primary N) is 2. The van der Waals surface area contributed by atoms with E-state index in [9.17, 15) is 0 Å². The lowest BCUT2D eigenvalue weighted by molar-refractivity contribution is 0.150. The maximum absolute atomic E-state index is 5.49. The molecule has 1 aliphatic rings. The molecule has 102 valence electrons. The lowest BCUT2D eigenvalue weighted by Crippen LogP contribution is -2.36. The van der Waals surface area contributed by atoms with Crippen LogP contribution in [-0.4, -0.2) is 30.5 Å². The second kappa shape index (κ2) is 7.43. The van der Waals surface area contributed by atoms with Gasteiger partial charge in [0.05, 0.1) is 18.8 Å². The third-order valence-corrected chi connectivity index (χ3v) is 3.15. The van der Waals surface area contributed by atoms with E-state index >= 15 is 0 Å². The summed E-state index contributed by atoms with van der Waals surface area (Å²) in [4.78, 5) is 6.52. The van der Waals surface area contributed by atoms with E-state index in [4.69, 9.17) is 15.9 Å². The van der Waals surface area contributed by atoms with Crippen LogP contribution >= 0.6 is 17.0 Å². The molecule has 1 aliphatic heterocycles. The molecule has 1 fully saturated rings. The lowest BCUT2D eigenvalue weighted by atomic mass is 10.1. The molecule has 1 unspecified atom stereocenters. The summed E-state index contributed by atoms with van der Waals surface area (Å²) in [5.74, 6) is 1.08. The van der Waals surface area contributed by atoms with E-state index in [-0.39, 0.29) is 29.0 Å². The first-order valence-electron chi connectivity index (χ1n) is 6.10. The van der Waals surface area contributed by atoms with Crippen LogP contribution in [0, 0.1) is 0 Å². The summed E-state index contributed by atoms with van der Waals surface area (Å²) in [6.07, 6.45) is 5.48. The summed E-state index contributed by atoms with van der Waals surface area (Å²) in [5.41, 5.74) is 10.8. The molecule has 5 nitrogen and oxygen atoms in total. The van der Waals surface area contributed by atoms with E-state index < -0.39 is 0 Å². The minimum absolute atomic E-state index is 0. The second-order valence-electron chi connectivity index (χ2n) is 4.39. The third-order valence-electron chi connectivity index (χ3n) is 3.15. The summed E-state index contributed by atoms with van der Waals surface area (Å²) in [5, 5.41) is 0. The molecular weight excluding hydrogens is 296 g/mol. The molecular formula is C12H21BrN4O. The Morgan fingerprint density at radius 1 is 1.33 bits per heavy atom. The summed E-state index contributed by atoms with van der Waals surface area (Å²) in [7, 11) is 0. The molecule has 2 rings (SSSR count). The number of nitrogens with zero attached hydrogens (tertiary/aromatic N) is 2. The van der Waals surface area contributed by atoms with Crippen molar-refractivity contribution in [3.63, 3.8) is 0 Å². The van der Waals surface area contributed by atoms with E-state index in [2.05, 4.69) is 9.89 Å².